The average molecular weight is 182 g/mol. The summed E-state index contributed by atoms with van der Waals surface area (Å²) in [6.07, 6.45) is 2.43. The molecule has 0 aliphatic carbocycles. The SMILES string of the molecule is Cc1cccc2c1OC(Cl)=[C]O2. The van der Waals surface area contributed by atoms with Crippen LogP contribution in [0.5, 0.6) is 11.5 Å². The maximum Gasteiger partial charge on any atom is 0.240 e. The van der Waals surface area contributed by atoms with Crippen LogP contribution < -0.4 is 9.47 Å². The number of benzene rings is 1. The van der Waals surface area contributed by atoms with Gasteiger partial charge in [0.25, 0.3) is 0 Å². The Labute approximate surface area is 75.4 Å². The minimum atomic E-state index is 0.136. The van der Waals surface area contributed by atoms with Gasteiger partial charge in [-0.3, -0.25) is 0 Å². The van der Waals surface area contributed by atoms with Crippen LogP contribution in [0, 0.1) is 13.2 Å². The molecule has 2 rings (SSSR count). The second-order valence-corrected chi connectivity index (χ2v) is 2.83. The highest BCUT2D eigenvalue weighted by atomic mass is 35.5. The fourth-order valence-corrected chi connectivity index (χ4v) is 1.16. The second kappa shape index (κ2) is 2.72. The molecule has 1 aliphatic heterocycles. The zero-order valence-electron chi connectivity index (χ0n) is 6.43. The first-order valence-corrected chi connectivity index (χ1v) is 3.88. The monoisotopic (exact) mass is 181 g/mol. The topological polar surface area (TPSA) is 18.5 Å². The number of rotatable bonds is 0. The average Bonchev–Trinajstić information content (AvgIpc) is 2.07. The molecule has 0 aromatic heterocycles. The van der Waals surface area contributed by atoms with Gasteiger partial charge in [0.05, 0.1) is 0 Å². The third-order valence-corrected chi connectivity index (χ3v) is 1.76. The van der Waals surface area contributed by atoms with Gasteiger partial charge in [0.1, 0.15) is 0 Å². The van der Waals surface area contributed by atoms with Gasteiger partial charge < -0.3 is 9.47 Å². The maximum atomic E-state index is 5.57. The second-order valence-electron chi connectivity index (χ2n) is 2.48. The summed E-state index contributed by atoms with van der Waals surface area (Å²) in [6.45, 7) is 1.93. The molecule has 12 heavy (non-hydrogen) atoms. The molecule has 0 bridgehead atoms. The summed E-state index contributed by atoms with van der Waals surface area (Å²) < 4.78 is 10.3. The lowest BCUT2D eigenvalue weighted by atomic mass is 10.2. The summed E-state index contributed by atoms with van der Waals surface area (Å²) in [5.41, 5.74) is 0.993. The largest absolute Gasteiger partial charge is 0.444 e. The van der Waals surface area contributed by atoms with E-state index in [0.717, 1.165) is 5.56 Å². The molecule has 0 saturated carbocycles. The first kappa shape index (κ1) is 7.50. The van der Waals surface area contributed by atoms with Crippen molar-refractivity contribution in [2.75, 3.05) is 0 Å². The maximum absolute atomic E-state index is 5.57. The lowest BCUT2D eigenvalue weighted by molar-refractivity contribution is 0.330. The van der Waals surface area contributed by atoms with E-state index >= 15 is 0 Å². The van der Waals surface area contributed by atoms with Crippen LogP contribution in [0.4, 0.5) is 0 Å². The van der Waals surface area contributed by atoms with Crippen LogP contribution >= 0.6 is 11.6 Å². The van der Waals surface area contributed by atoms with Gasteiger partial charge >= 0.3 is 0 Å². The van der Waals surface area contributed by atoms with Crippen molar-refractivity contribution in [2.45, 2.75) is 6.92 Å². The Hall–Kier alpha value is -1.15. The molecular formula is C9H6ClO2. The van der Waals surface area contributed by atoms with E-state index in [2.05, 4.69) is 6.26 Å². The van der Waals surface area contributed by atoms with Crippen molar-refractivity contribution in [3.63, 3.8) is 0 Å². The number of para-hydroxylation sites is 1. The minimum Gasteiger partial charge on any atom is -0.444 e. The quantitative estimate of drug-likeness (QED) is 0.613. The molecule has 0 unspecified atom stereocenters. The van der Waals surface area contributed by atoms with Crippen LogP contribution in [0.25, 0.3) is 0 Å². The molecule has 0 atom stereocenters. The van der Waals surface area contributed by atoms with Crippen LogP contribution in [0.2, 0.25) is 0 Å². The van der Waals surface area contributed by atoms with Gasteiger partial charge in [0.2, 0.25) is 11.5 Å². The van der Waals surface area contributed by atoms with Crippen molar-refractivity contribution in [3.8, 4) is 11.5 Å². The Morgan fingerprint density at radius 3 is 3.08 bits per heavy atom. The normalized spacial score (nSPS) is 14.0. The molecule has 0 amide bonds. The molecule has 61 valence electrons. The van der Waals surface area contributed by atoms with Crippen molar-refractivity contribution >= 4 is 11.6 Å². The number of aryl methyl sites for hydroxylation is 1. The highest BCUT2D eigenvalue weighted by Crippen LogP contribution is 2.35. The molecule has 0 saturated heterocycles. The summed E-state index contributed by atoms with van der Waals surface area (Å²) in [5, 5.41) is 0.136. The Bertz CT molecular complexity index is 344. The van der Waals surface area contributed by atoms with Crippen molar-refractivity contribution in [2.24, 2.45) is 0 Å². The van der Waals surface area contributed by atoms with Gasteiger partial charge in [-0.25, -0.2) is 0 Å². The zero-order valence-corrected chi connectivity index (χ0v) is 7.18. The molecule has 1 radical (unpaired) electrons. The zero-order chi connectivity index (χ0) is 8.55. The van der Waals surface area contributed by atoms with E-state index in [9.17, 15) is 0 Å². The predicted octanol–water partition coefficient (Wildman–Crippen LogP) is 2.61. The van der Waals surface area contributed by atoms with Crippen LogP contribution in [0.15, 0.2) is 23.4 Å². The van der Waals surface area contributed by atoms with Crippen LogP contribution in [-0.2, 0) is 0 Å². The summed E-state index contributed by atoms with van der Waals surface area (Å²) in [5.74, 6) is 1.32. The van der Waals surface area contributed by atoms with E-state index in [1.165, 1.54) is 0 Å². The van der Waals surface area contributed by atoms with Crippen LogP contribution in [-0.4, -0.2) is 0 Å². The standard InChI is InChI=1S/C9H6ClO2/c1-6-3-2-4-7-9(6)12-8(10)5-11-7/h2-4H,1H3. The summed E-state index contributed by atoms with van der Waals surface area (Å²) in [6, 6.07) is 5.62. The van der Waals surface area contributed by atoms with E-state index < -0.39 is 0 Å². The Balaban J connectivity index is 2.49. The molecular weight excluding hydrogens is 176 g/mol. The first-order chi connectivity index (χ1) is 5.77. The highest BCUT2D eigenvalue weighted by molar-refractivity contribution is 6.28. The molecule has 3 heteroatoms. The van der Waals surface area contributed by atoms with Gasteiger partial charge in [-0.05, 0) is 30.2 Å². The number of ether oxygens (including phenoxy) is 2. The Morgan fingerprint density at radius 1 is 1.42 bits per heavy atom. The molecule has 0 spiro atoms. The molecule has 1 aromatic rings. The third-order valence-electron chi connectivity index (χ3n) is 1.61. The molecule has 2 nitrogen and oxygen atoms in total. The van der Waals surface area contributed by atoms with E-state index in [4.69, 9.17) is 21.1 Å². The van der Waals surface area contributed by atoms with Crippen molar-refractivity contribution in [3.05, 3.63) is 35.2 Å². The van der Waals surface area contributed by atoms with Crippen molar-refractivity contribution < 1.29 is 9.47 Å². The fraction of sp³-hybridized carbons (Fsp3) is 0.111. The molecule has 1 heterocycles. The lowest BCUT2D eigenvalue weighted by Gasteiger charge is -2.15. The van der Waals surface area contributed by atoms with Crippen molar-refractivity contribution in [1.82, 2.24) is 0 Å². The first-order valence-electron chi connectivity index (χ1n) is 3.50. The third kappa shape index (κ3) is 1.14. The van der Waals surface area contributed by atoms with E-state index in [1.807, 2.05) is 19.1 Å². The summed E-state index contributed by atoms with van der Waals surface area (Å²) >= 11 is 5.57. The summed E-state index contributed by atoms with van der Waals surface area (Å²) in [4.78, 5) is 0. The van der Waals surface area contributed by atoms with E-state index in [1.54, 1.807) is 6.07 Å². The van der Waals surface area contributed by atoms with Gasteiger partial charge in [0, 0.05) is 0 Å². The van der Waals surface area contributed by atoms with Gasteiger partial charge in [-0.15, -0.1) is 0 Å². The summed E-state index contributed by atoms with van der Waals surface area (Å²) in [7, 11) is 0. The minimum absolute atomic E-state index is 0.136. The number of hydrogen-bond donors (Lipinski definition) is 0. The highest BCUT2D eigenvalue weighted by Gasteiger charge is 2.14. The van der Waals surface area contributed by atoms with Gasteiger partial charge in [-0.2, -0.15) is 0 Å². The smallest absolute Gasteiger partial charge is 0.240 e. The molecule has 0 N–H and O–H groups in total. The van der Waals surface area contributed by atoms with Gasteiger partial charge in [-0.1, -0.05) is 12.1 Å². The lowest BCUT2D eigenvalue weighted by Crippen LogP contribution is -2.02. The molecule has 0 fully saturated rings. The van der Waals surface area contributed by atoms with E-state index in [-0.39, 0.29) is 5.22 Å². The number of hydrogen-bond acceptors (Lipinski definition) is 2. The Kier molecular flexibility index (Phi) is 1.70. The van der Waals surface area contributed by atoms with Crippen LogP contribution in [0.1, 0.15) is 5.56 Å². The number of halogens is 1. The van der Waals surface area contributed by atoms with Crippen LogP contribution in [0.3, 0.4) is 0 Å². The molecule has 1 aromatic carbocycles. The van der Waals surface area contributed by atoms with Crippen molar-refractivity contribution in [1.29, 1.82) is 0 Å². The van der Waals surface area contributed by atoms with E-state index in [0.29, 0.717) is 11.5 Å². The van der Waals surface area contributed by atoms with Gasteiger partial charge in [0.15, 0.2) is 11.5 Å². The fourth-order valence-electron chi connectivity index (χ4n) is 1.04. The molecule has 1 aliphatic rings. The predicted molar refractivity (Wildman–Crippen MR) is 45.0 cm³/mol. The number of fused-ring (bicyclic) bond motifs is 1. The Morgan fingerprint density at radius 2 is 2.25 bits per heavy atom.